The van der Waals surface area contributed by atoms with E-state index in [1.54, 1.807) is 24.2 Å². The van der Waals surface area contributed by atoms with E-state index < -0.39 is 0 Å². The Morgan fingerprint density at radius 2 is 2.00 bits per heavy atom. The quantitative estimate of drug-likeness (QED) is 0.759. The van der Waals surface area contributed by atoms with Gasteiger partial charge in [-0.15, -0.1) is 0 Å². The molecule has 0 aliphatic heterocycles. The summed E-state index contributed by atoms with van der Waals surface area (Å²) in [4.78, 5) is 20.8. The number of ketones is 1. The zero-order valence-electron chi connectivity index (χ0n) is 9.09. The molecule has 1 heterocycles. The maximum absolute atomic E-state index is 11.2. The summed E-state index contributed by atoms with van der Waals surface area (Å²) >= 11 is 1.57. The van der Waals surface area contributed by atoms with Crippen LogP contribution in [0.5, 0.6) is 0 Å². The van der Waals surface area contributed by atoms with Gasteiger partial charge in [-0.05, 0) is 23.5 Å². The Hall–Kier alpha value is -1.68. The zero-order valence-corrected chi connectivity index (χ0v) is 9.91. The Balaban J connectivity index is 2.00. The summed E-state index contributed by atoms with van der Waals surface area (Å²) in [5, 5.41) is 1.97. The second kappa shape index (κ2) is 4.30. The van der Waals surface area contributed by atoms with Gasteiger partial charge in [-0.25, -0.2) is 9.97 Å². The minimum Gasteiger partial charge on any atom is -0.295 e. The molecule has 84 valence electrons. The first-order chi connectivity index (χ1) is 8.33. The number of rotatable bonds is 2. The summed E-state index contributed by atoms with van der Waals surface area (Å²) in [5.74, 6) is 0.214. The number of hydrogen-bond donors (Lipinski definition) is 0. The first-order valence-corrected chi connectivity index (χ1v) is 6.25. The van der Waals surface area contributed by atoms with Crippen molar-refractivity contribution in [3.05, 3.63) is 41.6 Å². The first kappa shape index (κ1) is 10.5. The van der Waals surface area contributed by atoms with Crippen molar-refractivity contribution in [2.45, 2.75) is 17.9 Å². The number of thioether (sulfide) groups is 1. The number of hydrogen-bond acceptors (Lipinski definition) is 4. The Morgan fingerprint density at radius 3 is 2.82 bits per heavy atom. The molecule has 0 saturated heterocycles. The van der Waals surface area contributed by atoms with E-state index in [0.29, 0.717) is 6.42 Å². The highest BCUT2D eigenvalue weighted by atomic mass is 32.2. The van der Waals surface area contributed by atoms with Gasteiger partial charge in [0.1, 0.15) is 11.4 Å². The normalized spacial score (nSPS) is 15.3. The highest BCUT2D eigenvalue weighted by Crippen LogP contribution is 2.34. The van der Waals surface area contributed by atoms with Crippen molar-refractivity contribution in [3.8, 4) is 0 Å². The highest BCUT2D eigenvalue weighted by molar-refractivity contribution is 8.03. The molecule has 0 bridgehead atoms. The number of carbonyl (C=O) groups excluding carboxylic acids is 1. The molecule has 17 heavy (non-hydrogen) atoms. The van der Waals surface area contributed by atoms with Crippen LogP contribution in [0.3, 0.4) is 0 Å². The molecule has 1 aromatic heterocycles. The molecule has 1 aromatic carbocycles. The van der Waals surface area contributed by atoms with Crippen LogP contribution >= 0.6 is 11.8 Å². The molecule has 0 unspecified atom stereocenters. The molecule has 3 rings (SSSR count). The van der Waals surface area contributed by atoms with Crippen LogP contribution in [0.2, 0.25) is 0 Å². The van der Waals surface area contributed by atoms with Crippen molar-refractivity contribution < 1.29 is 4.79 Å². The molecule has 0 fully saturated rings. The number of para-hydroxylation sites is 1. The van der Waals surface area contributed by atoms with Gasteiger partial charge in [0, 0.05) is 11.8 Å². The highest BCUT2D eigenvalue weighted by Gasteiger charge is 2.14. The summed E-state index contributed by atoms with van der Waals surface area (Å²) in [6.45, 7) is 0. The van der Waals surface area contributed by atoms with Crippen molar-refractivity contribution in [1.82, 2.24) is 9.97 Å². The third-order valence-corrected chi connectivity index (χ3v) is 3.78. The molecule has 0 amide bonds. The predicted octanol–water partition coefficient (Wildman–Crippen LogP) is 2.97. The lowest BCUT2D eigenvalue weighted by Gasteiger charge is -2.04. The Labute approximate surface area is 103 Å². The van der Waals surface area contributed by atoms with Crippen molar-refractivity contribution in [2.75, 3.05) is 0 Å². The Bertz CT molecular complexity index is 616. The van der Waals surface area contributed by atoms with Crippen LogP contribution in [-0.4, -0.2) is 15.8 Å². The van der Waals surface area contributed by atoms with E-state index in [0.717, 1.165) is 27.3 Å². The van der Waals surface area contributed by atoms with Gasteiger partial charge in [-0.3, -0.25) is 4.79 Å². The van der Waals surface area contributed by atoms with Crippen LogP contribution < -0.4 is 0 Å². The van der Waals surface area contributed by atoms with Crippen LogP contribution in [0, 0.1) is 0 Å². The molecule has 0 N–H and O–H groups in total. The van der Waals surface area contributed by atoms with E-state index >= 15 is 0 Å². The van der Waals surface area contributed by atoms with Gasteiger partial charge in [-0.2, -0.15) is 0 Å². The van der Waals surface area contributed by atoms with Gasteiger partial charge < -0.3 is 0 Å². The molecule has 3 nitrogen and oxygen atoms in total. The van der Waals surface area contributed by atoms with Gasteiger partial charge >= 0.3 is 0 Å². The minimum atomic E-state index is 0.214. The fourth-order valence-electron chi connectivity index (χ4n) is 1.84. The summed E-state index contributed by atoms with van der Waals surface area (Å²) in [6, 6.07) is 7.91. The lowest BCUT2D eigenvalue weighted by atomic mass is 10.2. The lowest BCUT2D eigenvalue weighted by Crippen LogP contribution is -1.86. The number of carbonyl (C=O) groups is 1. The van der Waals surface area contributed by atoms with Gasteiger partial charge in [0.25, 0.3) is 0 Å². The van der Waals surface area contributed by atoms with E-state index in [4.69, 9.17) is 0 Å². The third kappa shape index (κ3) is 2.08. The van der Waals surface area contributed by atoms with Crippen molar-refractivity contribution >= 4 is 28.4 Å². The van der Waals surface area contributed by atoms with Crippen molar-refractivity contribution in [3.63, 3.8) is 0 Å². The molecule has 0 atom stereocenters. The molecule has 4 heteroatoms. The summed E-state index contributed by atoms with van der Waals surface area (Å²) < 4.78 is 0. The second-order valence-electron chi connectivity index (χ2n) is 3.87. The summed E-state index contributed by atoms with van der Waals surface area (Å²) in [5.41, 5.74) is 0.940. The predicted molar refractivity (Wildman–Crippen MR) is 67.7 cm³/mol. The molecule has 2 aromatic rings. The lowest BCUT2D eigenvalue weighted by molar-refractivity contribution is -0.114. The van der Waals surface area contributed by atoms with Crippen LogP contribution in [0.25, 0.3) is 10.9 Å². The summed E-state index contributed by atoms with van der Waals surface area (Å²) in [7, 11) is 0. The molecule has 1 aliphatic carbocycles. The maximum atomic E-state index is 11.2. The van der Waals surface area contributed by atoms with Crippen LogP contribution in [0.4, 0.5) is 0 Å². The monoisotopic (exact) mass is 242 g/mol. The number of fused-ring (bicyclic) bond motifs is 1. The molecule has 0 spiro atoms. The van der Waals surface area contributed by atoms with Crippen molar-refractivity contribution in [2.24, 2.45) is 0 Å². The van der Waals surface area contributed by atoms with Gasteiger partial charge in [-0.1, -0.05) is 30.0 Å². The Kier molecular flexibility index (Phi) is 2.65. The molecule has 0 radical (unpaired) electrons. The Morgan fingerprint density at radius 1 is 1.12 bits per heavy atom. The molecule has 1 aliphatic rings. The largest absolute Gasteiger partial charge is 0.295 e. The van der Waals surface area contributed by atoms with Crippen LogP contribution in [0.15, 0.2) is 46.6 Å². The number of nitrogens with zero attached hydrogens (tertiary/aromatic N) is 2. The smallest absolute Gasteiger partial charge is 0.156 e. The topological polar surface area (TPSA) is 42.9 Å². The fraction of sp³-hybridized carbons (Fsp3) is 0.154. The number of allylic oxidation sites excluding steroid dienone is 2. The molecular formula is C13H10N2OS. The second-order valence-corrected chi connectivity index (χ2v) is 4.99. The van der Waals surface area contributed by atoms with Crippen molar-refractivity contribution in [1.29, 1.82) is 0 Å². The fourth-order valence-corrected chi connectivity index (χ4v) is 2.86. The van der Waals surface area contributed by atoms with E-state index in [9.17, 15) is 4.79 Å². The maximum Gasteiger partial charge on any atom is 0.156 e. The zero-order chi connectivity index (χ0) is 11.7. The van der Waals surface area contributed by atoms with Gasteiger partial charge in [0.05, 0.1) is 5.52 Å². The van der Waals surface area contributed by atoms with E-state index in [1.165, 1.54) is 0 Å². The molecular weight excluding hydrogens is 232 g/mol. The average molecular weight is 242 g/mol. The van der Waals surface area contributed by atoms with E-state index in [-0.39, 0.29) is 5.78 Å². The van der Waals surface area contributed by atoms with Gasteiger partial charge in [0.2, 0.25) is 0 Å². The first-order valence-electron chi connectivity index (χ1n) is 5.44. The minimum absolute atomic E-state index is 0.214. The van der Waals surface area contributed by atoms with E-state index in [2.05, 4.69) is 9.97 Å². The number of benzene rings is 1. The van der Waals surface area contributed by atoms with Crippen LogP contribution in [0.1, 0.15) is 12.8 Å². The van der Waals surface area contributed by atoms with Gasteiger partial charge in [0.15, 0.2) is 5.78 Å². The van der Waals surface area contributed by atoms with Crippen LogP contribution in [-0.2, 0) is 4.79 Å². The molecule has 0 saturated carbocycles. The SMILES string of the molecule is O=C1C=C(Sc2ncnc3ccccc23)CC1. The summed E-state index contributed by atoms with van der Waals surface area (Å²) in [6.07, 6.45) is 4.76. The standard InChI is InChI=1S/C13H10N2OS/c16-9-5-6-10(7-9)17-13-11-3-1-2-4-12(11)14-8-15-13/h1-4,7-8H,5-6H2. The third-order valence-electron chi connectivity index (χ3n) is 2.67. The number of aromatic nitrogens is 2. The van der Waals surface area contributed by atoms with E-state index in [1.807, 2.05) is 24.3 Å². The average Bonchev–Trinajstić information content (AvgIpc) is 2.75.